The molecular formula is C26H24O2P2. The molecule has 0 aliphatic carbocycles. The van der Waals surface area contributed by atoms with Gasteiger partial charge in [-0.15, -0.1) is 0 Å². The van der Waals surface area contributed by atoms with Crippen LogP contribution in [0.2, 0.25) is 0 Å². The maximum absolute atomic E-state index is 5.82. The molecule has 4 aromatic carbocycles. The average Bonchev–Trinajstić information content (AvgIpc) is 2.83. The van der Waals surface area contributed by atoms with Crippen molar-refractivity contribution in [3.8, 4) is 11.5 Å². The highest BCUT2D eigenvalue weighted by molar-refractivity contribution is 8.41. The van der Waals surface area contributed by atoms with Crippen LogP contribution in [0.1, 0.15) is 0 Å². The fraction of sp³-hybridized carbons (Fsp3) is 0.0769. The van der Waals surface area contributed by atoms with Gasteiger partial charge < -0.3 is 9.47 Å². The highest BCUT2D eigenvalue weighted by Crippen LogP contribution is 2.67. The fourth-order valence-corrected chi connectivity index (χ4v) is 11.5. The molecule has 0 N–H and O–H groups in total. The Kier molecular flexibility index (Phi) is 6.80. The predicted molar refractivity (Wildman–Crippen MR) is 131 cm³/mol. The summed E-state index contributed by atoms with van der Waals surface area (Å²) in [5.41, 5.74) is 0. The lowest BCUT2D eigenvalue weighted by molar-refractivity contribution is 0.418. The van der Waals surface area contributed by atoms with Crippen LogP contribution in [0.4, 0.5) is 0 Å². The summed E-state index contributed by atoms with van der Waals surface area (Å²) in [7, 11) is 2.00. The van der Waals surface area contributed by atoms with Gasteiger partial charge in [-0.1, -0.05) is 97.1 Å². The van der Waals surface area contributed by atoms with Gasteiger partial charge in [0.15, 0.2) is 0 Å². The summed E-state index contributed by atoms with van der Waals surface area (Å²) in [6, 6.07) is 38.5. The molecule has 0 spiro atoms. The van der Waals surface area contributed by atoms with Crippen molar-refractivity contribution in [3.05, 3.63) is 109 Å². The van der Waals surface area contributed by atoms with Crippen LogP contribution in [0.5, 0.6) is 11.5 Å². The summed E-state index contributed by atoms with van der Waals surface area (Å²) >= 11 is 0. The molecule has 0 bridgehead atoms. The van der Waals surface area contributed by atoms with E-state index in [-0.39, 0.29) is 0 Å². The van der Waals surface area contributed by atoms with Crippen LogP contribution in [-0.4, -0.2) is 14.2 Å². The minimum Gasteiger partial charge on any atom is -0.496 e. The second-order valence-corrected chi connectivity index (χ2v) is 12.3. The van der Waals surface area contributed by atoms with Crippen molar-refractivity contribution in [3.63, 3.8) is 0 Å². The summed E-state index contributed by atoms with van der Waals surface area (Å²) in [5.74, 6) is 1.87. The first-order valence-corrected chi connectivity index (χ1v) is 13.2. The Hall–Kier alpha value is -2.66. The van der Waals surface area contributed by atoms with Gasteiger partial charge in [-0.25, -0.2) is 0 Å². The number of rotatable bonds is 7. The Morgan fingerprint density at radius 2 is 0.767 bits per heavy atom. The van der Waals surface area contributed by atoms with Gasteiger partial charge in [0.2, 0.25) is 0 Å². The number of para-hydroxylation sites is 2. The standard InChI is InChI=1S/C26H24O2P2/c1-27-23-17-9-11-19-25(23)29(21-13-5-3-6-14-21)30(22-15-7-4-8-16-22)26-20-12-10-18-24(26)28-2/h3-20H,1-2H3. The smallest absolute Gasteiger partial charge is 0.127 e. The van der Waals surface area contributed by atoms with Crippen LogP contribution in [0, 0.1) is 0 Å². The summed E-state index contributed by atoms with van der Waals surface area (Å²) in [4.78, 5) is 0. The van der Waals surface area contributed by atoms with Gasteiger partial charge in [0.1, 0.15) is 11.5 Å². The van der Waals surface area contributed by atoms with E-state index in [0.717, 1.165) is 11.5 Å². The first-order valence-electron chi connectivity index (χ1n) is 9.80. The third-order valence-electron chi connectivity index (χ3n) is 4.83. The highest BCUT2D eigenvalue weighted by Gasteiger charge is 2.31. The molecule has 2 nitrogen and oxygen atoms in total. The van der Waals surface area contributed by atoms with Crippen LogP contribution in [-0.2, 0) is 0 Å². The lowest BCUT2D eigenvalue weighted by Gasteiger charge is -2.31. The third kappa shape index (κ3) is 4.26. The average molecular weight is 430 g/mol. The molecule has 0 saturated heterocycles. The monoisotopic (exact) mass is 430 g/mol. The summed E-state index contributed by atoms with van der Waals surface area (Å²) < 4.78 is 11.6. The zero-order valence-corrected chi connectivity index (χ0v) is 18.9. The summed E-state index contributed by atoms with van der Waals surface area (Å²) in [6.45, 7) is 0. The summed E-state index contributed by atoms with van der Waals surface area (Å²) in [5, 5.41) is 5.17. The molecule has 0 heterocycles. The molecule has 4 aromatic rings. The summed E-state index contributed by atoms with van der Waals surface area (Å²) in [6.07, 6.45) is 0. The van der Waals surface area contributed by atoms with Gasteiger partial charge >= 0.3 is 0 Å². The van der Waals surface area contributed by atoms with Gasteiger partial charge in [0.25, 0.3) is 0 Å². The van der Waals surface area contributed by atoms with E-state index in [1.54, 1.807) is 14.2 Å². The zero-order valence-electron chi connectivity index (χ0n) is 17.1. The Bertz CT molecular complexity index is 995. The van der Waals surface area contributed by atoms with E-state index in [0.29, 0.717) is 0 Å². The van der Waals surface area contributed by atoms with E-state index in [1.807, 2.05) is 12.1 Å². The van der Waals surface area contributed by atoms with Crippen molar-refractivity contribution >= 4 is 36.4 Å². The molecule has 0 aromatic heterocycles. The number of ether oxygens (including phenoxy) is 2. The van der Waals surface area contributed by atoms with E-state index in [4.69, 9.17) is 9.47 Å². The highest BCUT2D eigenvalue weighted by atomic mass is 32.1. The van der Waals surface area contributed by atoms with Crippen LogP contribution < -0.4 is 30.7 Å². The van der Waals surface area contributed by atoms with Gasteiger partial charge in [-0.3, -0.25) is 0 Å². The molecule has 30 heavy (non-hydrogen) atoms. The first-order chi connectivity index (χ1) is 14.8. The zero-order chi connectivity index (χ0) is 20.8. The van der Waals surface area contributed by atoms with Crippen molar-refractivity contribution in [2.75, 3.05) is 14.2 Å². The van der Waals surface area contributed by atoms with Crippen molar-refractivity contribution in [1.82, 2.24) is 0 Å². The predicted octanol–water partition coefficient (Wildman–Crippen LogP) is 5.18. The lowest BCUT2D eigenvalue weighted by atomic mass is 10.3. The maximum atomic E-state index is 5.82. The molecule has 2 unspecified atom stereocenters. The van der Waals surface area contributed by atoms with Crippen LogP contribution in [0.25, 0.3) is 0 Å². The van der Waals surface area contributed by atoms with Crippen molar-refractivity contribution < 1.29 is 9.47 Å². The normalized spacial score (nSPS) is 12.7. The van der Waals surface area contributed by atoms with E-state index in [1.165, 1.54) is 21.2 Å². The topological polar surface area (TPSA) is 18.5 Å². The molecule has 0 aliphatic rings. The lowest BCUT2D eigenvalue weighted by Crippen LogP contribution is -2.21. The van der Waals surface area contributed by atoms with Crippen molar-refractivity contribution in [1.29, 1.82) is 0 Å². The SMILES string of the molecule is COc1ccccc1P(c1ccccc1)P(c1ccccc1)c1ccccc1OC. The van der Waals surface area contributed by atoms with E-state index < -0.39 is 15.2 Å². The Morgan fingerprint density at radius 3 is 1.13 bits per heavy atom. The van der Waals surface area contributed by atoms with Gasteiger partial charge in [-0.2, -0.15) is 0 Å². The molecular weight excluding hydrogens is 406 g/mol. The van der Waals surface area contributed by atoms with Crippen LogP contribution in [0.15, 0.2) is 109 Å². The number of benzene rings is 4. The molecule has 2 atom stereocenters. The van der Waals surface area contributed by atoms with Gasteiger partial charge in [0.05, 0.1) is 14.2 Å². The molecule has 0 aliphatic heterocycles. The second kappa shape index (κ2) is 9.90. The Balaban J connectivity index is 2.01. The van der Waals surface area contributed by atoms with Crippen molar-refractivity contribution in [2.24, 2.45) is 0 Å². The Labute approximate surface area is 180 Å². The minimum absolute atomic E-state index is 0.756. The second-order valence-electron chi connectivity index (χ2n) is 6.64. The largest absolute Gasteiger partial charge is 0.496 e. The van der Waals surface area contributed by atoms with E-state index in [2.05, 4.69) is 97.1 Å². The fourth-order valence-electron chi connectivity index (χ4n) is 3.47. The maximum Gasteiger partial charge on any atom is 0.127 e. The van der Waals surface area contributed by atoms with E-state index >= 15 is 0 Å². The molecule has 4 heteroatoms. The molecule has 0 radical (unpaired) electrons. The number of hydrogen-bond donors (Lipinski definition) is 0. The Morgan fingerprint density at radius 1 is 0.433 bits per heavy atom. The van der Waals surface area contributed by atoms with Crippen LogP contribution in [0.3, 0.4) is 0 Å². The molecule has 0 amide bonds. The molecule has 0 fully saturated rings. The number of hydrogen-bond acceptors (Lipinski definition) is 2. The molecule has 4 rings (SSSR count). The molecule has 0 saturated carbocycles. The minimum atomic E-state index is -0.756. The third-order valence-corrected chi connectivity index (χ3v) is 12.3. The van der Waals surface area contributed by atoms with Gasteiger partial charge in [-0.05, 0) is 38.0 Å². The first kappa shape index (κ1) is 20.6. The van der Waals surface area contributed by atoms with Gasteiger partial charge in [0, 0.05) is 10.6 Å². The van der Waals surface area contributed by atoms with Crippen molar-refractivity contribution in [2.45, 2.75) is 0 Å². The molecule has 150 valence electrons. The number of methoxy groups -OCH3 is 2. The quantitative estimate of drug-likeness (QED) is 0.376. The van der Waals surface area contributed by atoms with E-state index in [9.17, 15) is 0 Å². The van der Waals surface area contributed by atoms with Crippen LogP contribution >= 0.6 is 15.2 Å².